The van der Waals surface area contributed by atoms with E-state index in [1.807, 2.05) is 4.90 Å². The number of likely N-dealkylation sites (tertiary alicyclic amines) is 1. The number of hydrogen-bond donors (Lipinski definition) is 1. The fourth-order valence-corrected chi connectivity index (χ4v) is 4.33. The third-order valence-electron chi connectivity index (χ3n) is 5.32. The van der Waals surface area contributed by atoms with Crippen LogP contribution in [0, 0.1) is 5.92 Å². The van der Waals surface area contributed by atoms with Crippen molar-refractivity contribution >= 4 is 28.4 Å². The van der Waals surface area contributed by atoms with Gasteiger partial charge in [0, 0.05) is 24.0 Å². The van der Waals surface area contributed by atoms with Gasteiger partial charge in [-0.25, -0.2) is 0 Å². The average Bonchev–Trinajstić information content (AvgIpc) is 3.49. The van der Waals surface area contributed by atoms with Crippen molar-refractivity contribution in [2.75, 3.05) is 25.4 Å². The fraction of sp³-hybridized carbons (Fsp3) is 0.476. The van der Waals surface area contributed by atoms with Gasteiger partial charge in [0.25, 0.3) is 0 Å². The molecule has 0 radical (unpaired) electrons. The van der Waals surface area contributed by atoms with E-state index >= 15 is 0 Å². The molecule has 2 fully saturated rings. The van der Waals surface area contributed by atoms with Gasteiger partial charge in [-0.2, -0.15) is 0 Å². The predicted molar refractivity (Wildman–Crippen MR) is 105 cm³/mol. The molecule has 1 heterocycles. The summed E-state index contributed by atoms with van der Waals surface area (Å²) >= 11 is 1.65. The van der Waals surface area contributed by atoms with Crippen molar-refractivity contribution in [2.45, 2.75) is 36.6 Å². The second-order valence-electron chi connectivity index (χ2n) is 7.30. The molecule has 0 spiro atoms. The maximum absolute atomic E-state index is 12.5. The summed E-state index contributed by atoms with van der Waals surface area (Å²) in [6.07, 6.45) is 4.99. The number of fused-ring (bicyclic) bond motifs is 1. The Labute approximate surface area is 154 Å². The first-order chi connectivity index (χ1) is 12.3. The minimum Gasteiger partial charge on any atom is -0.342 e. The molecule has 0 unspecified atom stereocenters. The lowest BCUT2D eigenvalue weighted by Gasteiger charge is -2.32. The van der Waals surface area contributed by atoms with E-state index in [0.29, 0.717) is 11.8 Å². The zero-order valence-electron chi connectivity index (χ0n) is 14.6. The van der Waals surface area contributed by atoms with Crippen LogP contribution in [-0.4, -0.2) is 42.2 Å². The lowest BCUT2D eigenvalue weighted by Crippen LogP contribution is -2.45. The Bertz CT molecular complexity index is 736. The molecule has 1 N–H and O–H groups in total. The molecule has 3 nitrogen and oxygen atoms in total. The molecular weight excluding hydrogens is 328 g/mol. The van der Waals surface area contributed by atoms with Crippen LogP contribution in [0.25, 0.3) is 10.8 Å². The van der Waals surface area contributed by atoms with Gasteiger partial charge in [0.2, 0.25) is 5.91 Å². The highest BCUT2D eigenvalue weighted by Gasteiger charge is 2.25. The van der Waals surface area contributed by atoms with E-state index in [9.17, 15) is 4.79 Å². The summed E-state index contributed by atoms with van der Waals surface area (Å²) in [6, 6.07) is 15.4. The van der Waals surface area contributed by atoms with Gasteiger partial charge in [-0.1, -0.05) is 30.3 Å². The normalized spacial score (nSPS) is 18.6. The zero-order valence-corrected chi connectivity index (χ0v) is 15.4. The predicted octanol–water partition coefficient (Wildman–Crippen LogP) is 3.92. The zero-order chi connectivity index (χ0) is 17.1. The number of nitrogens with one attached hydrogen (secondary N) is 1. The first kappa shape index (κ1) is 16.9. The smallest absolute Gasteiger partial charge is 0.232 e. The Morgan fingerprint density at radius 1 is 1.04 bits per heavy atom. The van der Waals surface area contributed by atoms with E-state index in [4.69, 9.17) is 0 Å². The highest BCUT2D eigenvalue weighted by molar-refractivity contribution is 8.00. The summed E-state index contributed by atoms with van der Waals surface area (Å²) < 4.78 is 0. The summed E-state index contributed by atoms with van der Waals surface area (Å²) in [6.45, 7) is 2.98. The summed E-state index contributed by atoms with van der Waals surface area (Å²) in [5.41, 5.74) is 0. The van der Waals surface area contributed by atoms with Gasteiger partial charge in [-0.05, 0) is 61.1 Å². The summed E-state index contributed by atoms with van der Waals surface area (Å²) in [5, 5.41) is 6.16. The Balaban J connectivity index is 1.24. The quantitative estimate of drug-likeness (QED) is 0.798. The molecule has 1 saturated carbocycles. The Morgan fingerprint density at radius 2 is 1.80 bits per heavy atom. The first-order valence-electron chi connectivity index (χ1n) is 9.41. The molecule has 0 aromatic heterocycles. The SMILES string of the molecule is O=C(CSc1ccc2ccccc2c1)N1CCC(NCC2CC2)CC1. The van der Waals surface area contributed by atoms with Crippen LogP contribution in [0.5, 0.6) is 0 Å². The van der Waals surface area contributed by atoms with Gasteiger partial charge in [0.05, 0.1) is 5.75 Å². The van der Waals surface area contributed by atoms with Gasteiger partial charge in [0.1, 0.15) is 0 Å². The van der Waals surface area contributed by atoms with Crippen LogP contribution in [0.3, 0.4) is 0 Å². The molecule has 2 aromatic carbocycles. The molecule has 1 amide bonds. The third-order valence-corrected chi connectivity index (χ3v) is 6.30. The molecule has 0 atom stereocenters. The molecule has 0 bridgehead atoms. The second kappa shape index (κ2) is 7.79. The average molecular weight is 355 g/mol. The van der Waals surface area contributed by atoms with E-state index in [2.05, 4.69) is 47.8 Å². The Hall–Kier alpha value is -1.52. The molecule has 1 aliphatic carbocycles. The molecule has 1 saturated heterocycles. The number of carbonyl (C=O) groups is 1. The number of amides is 1. The van der Waals surface area contributed by atoms with E-state index in [0.717, 1.165) is 31.8 Å². The highest BCUT2D eigenvalue weighted by Crippen LogP contribution is 2.28. The van der Waals surface area contributed by atoms with Gasteiger partial charge in [0.15, 0.2) is 0 Å². The summed E-state index contributed by atoms with van der Waals surface area (Å²) in [5.74, 6) is 1.75. The molecule has 4 heteroatoms. The van der Waals surface area contributed by atoms with Crippen molar-refractivity contribution in [1.82, 2.24) is 10.2 Å². The summed E-state index contributed by atoms with van der Waals surface area (Å²) in [4.78, 5) is 15.7. The number of rotatable bonds is 6. The lowest BCUT2D eigenvalue weighted by molar-refractivity contribution is -0.129. The van der Waals surface area contributed by atoms with Crippen LogP contribution in [-0.2, 0) is 4.79 Å². The van der Waals surface area contributed by atoms with Crippen LogP contribution < -0.4 is 5.32 Å². The molecule has 2 aromatic rings. The molecule has 4 rings (SSSR count). The van der Waals surface area contributed by atoms with E-state index < -0.39 is 0 Å². The van der Waals surface area contributed by atoms with Crippen molar-refractivity contribution in [3.63, 3.8) is 0 Å². The second-order valence-corrected chi connectivity index (χ2v) is 8.35. The number of thioether (sulfide) groups is 1. The number of hydrogen-bond acceptors (Lipinski definition) is 3. The molecule has 132 valence electrons. The van der Waals surface area contributed by atoms with Crippen LogP contribution in [0.2, 0.25) is 0 Å². The van der Waals surface area contributed by atoms with Crippen LogP contribution in [0.1, 0.15) is 25.7 Å². The Morgan fingerprint density at radius 3 is 2.56 bits per heavy atom. The maximum Gasteiger partial charge on any atom is 0.232 e. The first-order valence-corrected chi connectivity index (χ1v) is 10.4. The number of nitrogens with zero attached hydrogens (tertiary/aromatic N) is 1. The van der Waals surface area contributed by atoms with Crippen molar-refractivity contribution in [3.05, 3.63) is 42.5 Å². The number of carbonyl (C=O) groups excluding carboxylic acids is 1. The highest BCUT2D eigenvalue weighted by atomic mass is 32.2. The molecule has 25 heavy (non-hydrogen) atoms. The van der Waals surface area contributed by atoms with Gasteiger partial charge in [-0.15, -0.1) is 11.8 Å². The van der Waals surface area contributed by atoms with Crippen molar-refractivity contribution in [3.8, 4) is 0 Å². The van der Waals surface area contributed by atoms with Crippen LogP contribution >= 0.6 is 11.8 Å². The monoisotopic (exact) mass is 354 g/mol. The van der Waals surface area contributed by atoms with Gasteiger partial charge >= 0.3 is 0 Å². The van der Waals surface area contributed by atoms with E-state index in [1.54, 1.807) is 11.8 Å². The Kier molecular flexibility index (Phi) is 5.28. The minimum absolute atomic E-state index is 0.277. The van der Waals surface area contributed by atoms with Crippen molar-refractivity contribution in [2.24, 2.45) is 5.92 Å². The largest absolute Gasteiger partial charge is 0.342 e. The summed E-state index contributed by atoms with van der Waals surface area (Å²) in [7, 11) is 0. The van der Waals surface area contributed by atoms with Crippen LogP contribution in [0.15, 0.2) is 47.4 Å². The van der Waals surface area contributed by atoms with Crippen molar-refractivity contribution < 1.29 is 4.79 Å². The van der Waals surface area contributed by atoms with Gasteiger partial charge in [-0.3, -0.25) is 4.79 Å². The number of benzene rings is 2. The lowest BCUT2D eigenvalue weighted by atomic mass is 10.0. The third kappa shape index (κ3) is 4.56. The van der Waals surface area contributed by atoms with Gasteiger partial charge < -0.3 is 10.2 Å². The molecular formula is C21H26N2OS. The fourth-order valence-electron chi connectivity index (χ4n) is 3.48. The molecule has 2 aliphatic rings. The van der Waals surface area contributed by atoms with Crippen LogP contribution in [0.4, 0.5) is 0 Å². The van der Waals surface area contributed by atoms with Crippen molar-refractivity contribution in [1.29, 1.82) is 0 Å². The maximum atomic E-state index is 12.5. The topological polar surface area (TPSA) is 32.3 Å². The number of piperidine rings is 1. The van der Waals surface area contributed by atoms with E-state index in [-0.39, 0.29) is 5.91 Å². The standard InChI is InChI=1S/C21H26N2OS/c24-21(23-11-9-19(10-12-23)22-14-16-5-6-16)15-25-20-8-7-17-3-1-2-4-18(17)13-20/h1-4,7-8,13,16,19,22H,5-6,9-12,14-15H2. The van der Waals surface area contributed by atoms with E-state index in [1.165, 1.54) is 35.1 Å². The minimum atomic E-state index is 0.277. The molecule has 1 aliphatic heterocycles.